The zero-order chi connectivity index (χ0) is 15.4. The van der Waals surface area contributed by atoms with E-state index in [0.717, 1.165) is 48.1 Å². The van der Waals surface area contributed by atoms with Crippen molar-refractivity contribution in [3.05, 3.63) is 30.1 Å². The van der Waals surface area contributed by atoms with Gasteiger partial charge in [-0.1, -0.05) is 18.2 Å². The number of aryl methyl sites for hydroxylation is 1. The van der Waals surface area contributed by atoms with E-state index in [4.69, 9.17) is 4.74 Å². The van der Waals surface area contributed by atoms with Crippen molar-refractivity contribution in [3.63, 3.8) is 0 Å². The molecule has 1 aliphatic heterocycles. The summed E-state index contributed by atoms with van der Waals surface area (Å²) in [6.45, 7) is 5.92. The summed E-state index contributed by atoms with van der Waals surface area (Å²) in [5.74, 6) is 1.40. The maximum Gasteiger partial charge on any atom is 0.127 e. The third-order valence-corrected chi connectivity index (χ3v) is 4.80. The molecular formula is C16H21N3O2S. The Morgan fingerprint density at radius 3 is 2.86 bits per heavy atom. The molecule has 0 saturated carbocycles. The van der Waals surface area contributed by atoms with Gasteiger partial charge in [0.05, 0.1) is 24.8 Å². The van der Waals surface area contributed by atoms with Gasteiger partial charge in [0, 0.05) is 30.8 Å². The number of morpholine rings is 1. The van der Waals surface area contributed by atoms with Crippen LogP contribution in [0.5, 0.6) is 0 Å². The number of β-amino-alcohol motifs (C(OH)–C–C–N with tert-alkyl or cyclic N) is 1. The van der Waals surface area contributed by atoms with Gasteiger partial charge in [0.2, 0.25) is 0 Å². The summed E-state index contributed by atoms with van der Waals surface area (Å²) in [5.41, 5.74) is 0.958. The first-order valence-electron chi connectivity index (χ1n) is 7.57. The van der Waals surface area contributed by atoms with Crippen LogP contribution in [0.25, 0.3) is 10.9 Å². The average molecular weight is 319 g/mol. The van der Waals surface area contributed by atoms with E-state index < -0.39 is 0 Å². The SMILES string of the molecule is Cc1nc(SC[C@@H](O)CN2CCOCC2)c2ccccc2n1. The van der Waals surface area contributed by atoms with Crippen molar-refractivity contribution in [2.75, 3.05) is 38.6 Å². The average Bonchev–Trinajstić information content (AvgIpc) is 2.53. The summed E-state index contributed by atoms with van der Waals surface area (Å²) in [6.07, 6.45) is -0.364. The highest BCUT2D eigenvalue weighted by Crippen LogP contribution is 2.25. The number of fused-ring (bicyclic) bond motifs is 1. The second-order valence-corrected chi connectivity index (χ2v) is 6.48. The molecule has 6 heteroatoms. The molecule has 2 heterocycles. The number of hydrogen-bond donors (Lipinski definition) is 1. The monoisotopic (exact) mass is 319 g/mol. The summed E-state index contributed by atoms with van der Waals surface area (Å²) in [7, 11) is 0. The summed E-state index contributed by atoms with van der Waals surface area (Å²) in [6, 6.07) is 8.01. The third kappa shape index (κ3) is 3.95. The van der Waals surface area contributed by atoms with Crippen LogP contribution < -0.4 is 0 Å². The van der Waals surface area contributed by atoms with E-state index in [1.807, 2.05) is 31.2 Å². The molecule has 0 spiro atoms. The van der Waals surface area contributed by atoms with Gasteiger partial charge in [-0.3, -0.25) is 4.90 Å². The van der Waals surface area contributed by atoms with Gasteiger partial charge < -0.3 is 9.84 Å². The van der Waals surface area contributed by atoms with Crippen molar-refractivity contribution < 1.29 is 9.84 Å². The van der Waals surface area contributed by atoms with Gasteiger partial charge in [0.15, 0.2) is 0 Å². The predicted octanol–water partition coefficient (Wildman–Crippen LogP) is 1.72. The minimum absolute atomic E-state index is 0.364. The van der Waals surface area contributed by atoms with E-state index in [0.29, 0.717) is 12.3 Å². The van der Waals surface area contributed by atoms with Gasteiger partial charge in [-0.25, -0.2) is 9.97 Å². The van der Waals surface area contributed by atoms with Gasteiger partial charge in [-0.15, -0.1) is 11.8 Å². The molecule has 0 aliphatic carbocycles. The van der Waals surface area contributed by atoms with E-state index in [-0.39, 0.29) is 6.10 Å². The molecule has 1 N–H and O–H groups in total. The lowest BCUT2D eigenvalue weighted by Crippen LogP contribution is -2.41. The quantitative estimate of drug-likeness (QED) is 0.669. The molecule has 5 nitrogen and oxygen atoms in total. The molecule has 0 amide bonds. The lowest BCUT2D eigenvalue weighted by atomic mass is 10.2. The van der Waals surface area contributed by atoms with E-state index in [2.05, 4.69) is 14.9 Å². The second kappa shape index (κ2) is 7.37. The number of nitrogens with zero attached hydrogens (tertiary/aromatic N) is 3. The normalized spacial score (nSPS) is 17.7. The first-order chi connectivity index (χ1) is 10.7. The molecule has 1 aromatic heterocycles. The molecule has 22 heavy (non-hydrogen) atoms. The molecule has 0 bridgehead atoms. The zero-order valence-corrected chi connectivity index (χ0v) is 13.6. The van der Waals surface area contributed by atoms with Gasteiger partial charge in [0.25, 0.3) is 0 Å². The van der Waals surface area contributed by atoms with E-state index >= 15 is 0 Å². The summed E-state index contributed by atoms with van der Waals surface area (Å²) >= 11 is 1.60. The number of ether oxygens (including phenoxy) is 1. The van der Waals surface area contributed by atoms with Gasteiger partial charge in [-0.05, 0) is 13.0 Å². The summed E-state index contributed by atoms with van der Waals surface area (Å²) < 4.78 is 5.33. The minimum atomic E-state index is -0.364. The van der Waals surface area contributed by atoms with Crippen molar-refractivity contribution in [2.24, 2.45) is 0 Å². The van der Waals surface area contributed by atoms with Crippen LogP contribution in [0, 0.1) is 6.92 Å². The Hall–Kier alpha value is -1.21. The fraction of sp³-hybridized carbons (Fsp3) is 0.500. The Labute approximate surface area is 134 Å². The number of thioether (sulfide) groups is 1. The van der Waals surface area contributed by atoms with E-state index in [9.17, 15) is 5.11 Å². The van der Waals surface area contributed by atoms with Gasteiger partial charge >= 0.3 is 0 Å². The molecule has 1 atom stereocenters. The Morgan fingerprint density at radius 1 is 1.27 bits per heavy atom. The van der Waals surface area contributed by atoms with Crippen LogP contribution in [0.3, 0.4) is 0 Å². The molecule has 0 unspecified atom stereocenters. The largest absolute Gasteiger partial charge is 0.391 e. The molecular weight excluding hydrogens is 298 g/mol. The van der Waals surface area contributed by atoms with Crippen LogP contribution in [-0.4, -0.2) is 64.7 Å². The lowest BCUT2D eigenvalue weighted by Gasteiger charge is -2.28. The number of para-hydroxylation sites is 1. The van der Waals surface area contributed by atoms with Crippen LogP contribution in [0.4, 0.5) is 0 Å². The number of aromatic nitrogens is 2. The van der Waals surface area contributed by atoms with Crippen LogP contribution in [0.2, 0.25) is 0 Å². The molecule has 1 fully saturated rings. The van der Waals surface area contributed by atoms with Gasteiger partial charge in [-0.2, -0.15) is 0 Å². The Balaban J connectivity index is 1.63. The minimum Gasteiger partial charge on any atom is -0.391 e. The maximum atomic E-state index is 10.3. The zero-order valence-electron chi connectivity index (χ0n) is 12.7. The van der Waals surface area contributed by atoms with Gasteiger partial charge in [0.1, 0.15) is 10.9 Å². The third-order valence-electron chi connectivity index (χ3n) is 3.67. The number of aliphatic hydroxyl groups excluding tert-OH is 1. The Kier molecular flexibility index (Phi) is 5.25. The second-order valence-electron chi connectivity index (χ2n) is 5.47. The fourth-order valence-electron chi connectivity index (χ4n) is 2.58. The van der Waals surface area contributed by atoms with Crippen LogP contribution in [0.1, 0.15) is 5.82 Å². The van der Waals surface area contributed by atoms with E-state index in [1.54, 1.807) is 11.8 Å². The fourth-order valence-corrected chi connectivity index (χ4v) is 3.56. The smallest absolute Gasteiger partial charge is 0.127 e. The number of aliphatic hydroxyl groups is 1. The number of benzene rings is 1. The van der Waals surface area contributed by atoms with Crippen molar-refractivity contribution in [3.8, 4) is 0 Å². The Bertz CT molecular complexity index is 632. The summed E-state index contributed by atoms with van der Waals surface area (Å²) in [4.78, 5) is 11.2. The molecule has 0 radical (unpaired) electrons. The summed E-state index contributed by atoms with van der Waals surface area (Å²) in [5, 5.41) is 12.3. The van der Waals surface area contributed by atoms with E-state index in [1.165, 1.54) is 0 Å². The van der Waals surface area contributed by atoms with Crippen molar-refractivity contribution >= 4 is 22.7 Å². The van der Waals surface area contributed by atoms with Crippen molar-refractivity contribution in [2.45, 2.75) is 18.1 Å². The van der Waals surface area contributed by atoms with Crippen molar-refractivity contribution in [1.29, 1.82) is 0 Å². The predicted molar refractivity (Wildman–Crippen MR) is 88.3 cm³/mol. The van der Waals surface area contributed by atoms with Crippen LogP contribution >= 0.6 is 11.8 Å². The first-order valence-corrected chi connectivity index (χ1v) is 8.55. The Morgan fingerprint density at radius 2 is 2.05 bits per heavy atom. The van der Waals surface area contributed by atoms with Crippen LogP contribution in [0.15, 0.2) is 29.3 Å². The molecule has 1 aliphatic rings. The highest BCUT2D eigenvalue weighted by Gasteiger charge is 2.16. The maximum absolute atomic E-state index is 10.3. The lowest BCUT2D eigenvalue weighted by molar-refractivity contribution is 0.0188. The molecule has 3 rings (SSSR count). The molecule has 1 saturated heterocycles. The standard InChI is InChI=1S/C16H21N3O2S/c1-12-17-15-5-3-2-4-14(15)16(18-12)22-11-13(20)10-19-6-8-21-9-7-19/h2-5,13,20H,6-11H2,1H3/t13-/m0/s1. The van der Waals surface area contributed by atoms with Crippen molar-refractivity contribution in [1.82, 2.24) is 14.9 Å². The molecule has 118 valence electrons. The molecule has 2 aromatic rings. The topological polar surface area (TPSA) is 58.5 Å². The highest BCUT2D eigenvalue weighted by atomic mass is 32.2. The first kappa shape index (κ1) is 15.7. The molecule has 1 aromatic carbocycles. The highest BCUT2D eigenvalue weighted by molar-refractivity contribution is 7.99. The number of hydrogen-bond acceptors (Lipinski definition) is 6. The number of rotatable bonds is 5. The van der Waals surface area contributed by atoms with Crippen LogP contribution in [-0.2, 0) is 4.74 Å².